The smallest absolute Gasteiger partial charge is 0.307 e. The number of carboxylic acid groups (broad SMARTS) is 1. The highest BCUT2D eigenvalue weighted by atomic mass is 16.5. The lowest BCUT2D eigenvalue weighted by molar-refractivity contribution is -0.136. The largest absolute Gasteiger partial charge is 0.494 e. The summed E-state index contributed by atoms with van der Waals surface area (Å²) < 4.78 is 11.4. The van der Waals surface area contributed by atoms with E-state index in [4.69, 9.17) is 14.6 Å². The van der Waals surface area contributed by atoms with Gasteiger partial charge in [-0.3, -0.25) is 4.79 Å². The fraction of sp³-hybridized carbons (Fsp3) is 0.320. The van der Waals surface area contributed by atoms with E-state index < -0.39 is 5.97 Å². The molecule has 7 nitrogen and oxygen atoms in total. The van der Waals surface area contributed by atoms with E-state index in [0.717, 1.165) is 55.2 Å². The van der Waals surface area contributed by atoms with Crippen LogP contribution in [0, 0.1) is 0 Å². The first kappa shape index (κ1) is 21.6. The number of anilines is 1. The van der Waals surface area contributed by atoms with E-state index in [1.165, 1.54) is 17.5 Å². The summed E-state index contributed by atoms with van der Waals surface area (Å²) in [6, 6.07) is 13.8. The van der Waals surface area contributed by atoms with Crippen LogP contribution in [0.1, 0.15) is 30.0 Å². The Bertz CT molecular complexity index is 1100. The van der Waals surface area contributed by atoms with Crippen molar-refractivity contribution in [2.24, 2.45) is 0 Å². The highest BCUT2D eigenvalue weighted by Crippen LogP contribution is 2.28. The number of aromatic nitrogens is 2. The van der Waals surface area contributed by atoms with Crippen molar-refractivity contribution in [3.05, 3.63) is 65.5 Å². The minimum Gasteiger partial charge on any atom is -0.494 e. The Kier molecular flexibility index (Phi) is 6.84. The van der Waals surface area contributed by atoms with Crippen molar-refractivity contribution in [2.45, 2.75) is 32.6 Å². The molecule has 0 fully saturated rings. The molecule has 1 aliphatic heterocycles. The van der Waals surface area contributed by atoms with Gasteiger partial charge in [0.1, 0.15) is 23.6 Å². The van der Waals surface area contributed by atoms with Crippen LogP contribution in [-0.4, -0.2) is 40.8 Å². The molecule has 7 heteroatoms. The molecule has 0 atom stereocenters. The van der Waals surface area contributed by atoms with Crippen molar-refractivity contribution in [1.29, 1.82) is 0 Å². The van der Waals surface area contributed by atoms with E-state index in [1.807, 2.05) is 25.1 Å². The third-order valence-corrected chi connectivity index (χ3v) is 5.37. The zero-order valence-electron chi connectivity index (χ0n) is 18.1. The first-order chi connectivity index (χ1) is 15.6. The molecular formula is C25H27N3O4. The van der Waals surface area contributed by atoms with Gasteiger partial charge in [-0.1, -0.05) is 24.3 Å². The van der Waals surface area contributed by atoms with Crippen LogP contribution in [-0.2, 0) is 24.1 Å². The summed E-state index contributed by atoms with van der Waals surface area (Å²) in [5.74, 6) is 1.42. The van der Waals surface area contributed by atoms with Crippen LogP contribution in [0.5, 0.6) is 11.5 Å². The Hall–Kier alpha value is -3.61. The normalized spacial score (nSPS) is 12.5. The first-order valence-corrected chi connectivity index (χ1v) is 10.9. The number of ether oxygens (including phenoxy) is 2. The molecule has 1 aromatic heterocycles. The zero-order valence-corrected chi connectivity index (χ0v) is 18.1. The number of nitrogens with one attached hydrogen (secondary N) is 1. The third kappa shape index (κ3) is 5.35. The molecule has 32 heavy (non-hydrogen) atoms. The lowest BCUT2D eigenvalue weighted by Gasteiger charge is -2.18. The van der Waals surface area contributed by atoms with Crippen molar-refractivity contribution >= 4 is 11.8 Å². The van der Waals surface area contributed by atoms with E-state index in [0.29, 0.717) is 17.9 Å². The van der Waals surface area contributed by atoms with E-state index in [9.17, 15) is 4.79 Å². The molecule has 0 spiro atoms. The maximum absolute atomic E-state index is 11.1. The lowest BCUT2D eigenvalue weighted by Crippen LogP contribution is -2.10. The van der Waals surface area contributed by atoms with Gasteiger partial charge >= 0.3 is 5.97 Å². The summed E-state index contributed by atoms with van der Waals surface area (Å²) in [6.07, 6.45) is 4.46. The summed E-state index contributed by atoms with van der Waals surface area (Å²) in [7, 11) is 0. The Morgan fingerprint density at radius 2 is 2.09 bits per heavy atom. The van der Waals surface area contributed by atoms with Gasteiger partial charge in [0, 0.05) is 23.7 Å². The number of aliphatic carboxylic acids is 1. The van der Waals surface area contributed by atoms with E-state index in [-0.39, 0.29) is 6.42 Å². The number of aryl methyl sites for hydroxylation is 1. The van der Waals surface area contributed by atoms with Crippen molar-refractivity contribution in [2.75, 3.05) is 25.1 Å². The molecule has 3 aromatic rings. The molecule has 2 N–H and O–H groups in total. The Morgan fingerprint density at radius 1 is 1.19 bits per heavy atom. The van der Waals surface area contributed by atoms with Gasteiger partial charge in [0.15, 0.2) is 0 Å². The average Bonchev–Trinajstić information content (AvgIpc) is 2.80. The third-order valence-electron chi connectivity index (χ3n) is 5.37. The molecule has 166 valence electrons. The van der Waals surface area contributed by atoms with Crippen LogP contribution in [0.2, 0.25) is 0 Å². The van der Waals surface area contributed by atoms with Crippen LogP contribution in [0.15, 0.2) is 48.8 Å². The summed E-state index contributed by atoms with van der Waals surface area (Å²) in [6.45, 7) is 3.86. The maximum Gasteiger partial charge on any atom is 0.307 e. The molecule has 0 unspecified atom stereocenters. The van der Waals surface area contributed by atoms with Gasteiger partial charge in [-0.15, -0.1) is 0 Å². The van der Waals surface area contributed by atoms with Crippen LogP contribution in [0.4, 0.5) is 5.82 Å². The van der Waals surface area contributed by atoms with Gasteiger partial charge in [0.2, 0.25) is 0 Å². The fourth-order valence-corrected chi connectivity index (χ4v) is 3.80. The quantitative estimate of drug-likeness (QED) is 0.524. The van der Waals surface area contributed by atoms with E-state index >= 15 is 0 Å². The summed E-state index contributed by atoms with van der Waals surface area (Å²) in [5, 5.41) is 12.5. The SMILES string of the molecule is CCOc1cc(-c2cc(NCCc3ccc4c(c3)OCCC4)ncn2)ccc1CC(=O)O. The van der Waals surface area contributed by atoms with E-state index in [1.54, 1.807) is 6.07 Å². The number of carboxylic acids is 1. The summed E-state index contributed by atoms with van der Waals surface area (Å²) >= 11 is 0. The van der Waals surface area contributed by atoms with Crippen molar-refractivity contribution in [1.82, 2.24) is 9.97 Å². The fourth-order valence-electron chi connectivity index (χ4n) is 3.80. The maximum atomic E-state index is 11.1. The molecule has 1 aliphatic rings. The number of benzene rings is 2. The molecule has 0 amide bonds. The van der Waals surface area contributed by atoms with Gasteiger partial charge in [-0.25, -0.2) is 9.97 Å². The molecule has 0 bridgehead atoms. The summed E-state index contributed by atoms with van der Waals surface area (Å²) in [4.78, 5) is 19.8. The minimum absolute atomic E-state index is 0.0834. The second-order valence-electron chi connectivity index (χ2n) is 7.69. The van der Waals surface area contributed by atoms with Gasteiger partial charge in [-0.2, -0.15) is 0 Å². The van der Waals surface area contributed by atoms with Crippen LogP contribution >= 0.6 is 0 Å². The van der Waals surface area contributed by atoms with Gasteiger partial charge in [-0.05, 0) is 49.4 Å². The minimum atomic E-state index is -0.891. The predicted octanol–water partition coefficient (Wildman–Crippen LogP) is 4.15. The molecule has 4 rings (SSSR count). The van der Waals surface area contributed by atoms with Crippen molar-refractivity contribution < 1.29 is 19.4 Å². The number of hydrogen-bond acceptors (Lipinski definition) is 6. The average molecular weight is 434 g/mol. The van der Waals surface area contributed by atoms with Crippen LogP contribution < -0.4 is 14.8 Å². The van der Waals surface area contributed by atoms with Gasteiger partial charge < -0.3 is 19.9 Å². The topological polar surface area (TPSA) is 93.6 Å². The number of rotatable bonds is 9. The number of nitrogens with zero attached hydrogens (tertiary/aromatic N) is 2. The molecule has 0 aliphatic carbocycles. The van der Waals surface area contributed by atoms with E-state index in [2.05, 4.69) is 33.5 Å². The van der Waals surface area contributed by atoms with Crippen molar-refractivity contribution in [3.63, 3.8) is 0 Å². The molecule has 2 aromatic carbocycles. The highest BCUT2D eigenvalue weighted by molar-refractivity contribution is 5.73. The predicted molar refractivity (Wildman–Crippen MR) is 122 cm³/mol. The Morgan fingerprint density at radius 3 is 2.94 bits per heavy atom. The molecule has 0 radical (unpaired) electrons. The second-order valence-corrected chi connectivity index (χ2v) is 7.69. The molecule has 0 saturated carbocycles. The van der Waals surface area contributed by atoms with Gasteiger partial charge in [0.05, 0.1) is 25.3 Å². The first-order valence-electron chi connectivity index (χ1n) is 10.9. The molecular weight excluding hydrogens is 406 g/mol. The molecule has 0 saturated heterocycles. The number of carbonyl (C=O) groups is 1. The zero-order chi connectivity index (χ0) is 22.3. The monoisotopic (exact) mass is 433 g/mol. The lowest BCUT2D eigenvalue weighted by atomic mass is 10.0. The highest BCUT2D eigenvalue weighted by Gasteiger charge is 2.12. The Labute approximate surface area is 187 Å². The van der Waals surface area contributed by atoms with Crippen LogP contribution in [0.3, 0.4) is 0 Å². The van der Waals surface area contributed by atoms with Gasteiger partial charge in [0.25, 0.3) is 0 Å². The van der Waals surface area contributed by atoms with Crippen LogP contribution in [0.25, 0.3) is 11.3 Å². The standard InChI is InChI=1S/C25H27N3O4/c1-2-31-23-13-19(7-8-20(23)14-25(29)30)21-15-24(28-16-27-21)26-10-9-17-5-6-18-4-3-11-32-22(18)12-17/h5-8,12-13,15-16H,2-4,9-11,14H2,1H3,(H,29,30)(H,26,27,28). The summed E-state index contributed by atoms with van der Waals surface area (Å²) in [5.41, 5.74) is 4.74. The Balaban J connectivity index is 1.43. The second kappa shape index (κ2) is 10.1. The molecule has 2 heterocycles. The van der Waals surface area contributed by atoms with Crippen molar-refractivity contribution in [3.8, 4) is 22.8 Å². The number of hydrogen-bond donors (Lipinski definition) is 2. The number of fused-ring (bicyclic) bond motifs is 1.